The summed E-state index contributed by atoms with van der Waals surface area (Å²) in [4.78, 5) is 12.6. The van der Waals surface area contributed by atoms with Gasteiger partial charge in [0.1, 0.15) is 12.4 Å². The topological polar surface area (TPSA) is 73.6 Å². The largest absolute Gasteiger partial charge is 0.492 e. The molecular formula is C16H24N2O3. The monoisotopic (exact) mass is 292 g/mol. The Labute approximate surface area is 125 Å². The van der Waals surface area contributed by atoms with Gasteiger partial charge in [0.05, 0.1) is 5.41 Å². The van der Waals surface area contributed by atoms with Crippen molar-refractivity contribution in [3.63, 3.8) is 0 Å². The minimum atomic E-state index is -0.299. The van der Waals surface area contributed by atoms with E-state index in [1.807, 2.05) is 24.3 Å². The number of hydrogen-bond donors (Lipinski definition) is 2. The standard InChI is InChI=1S/C16H24N2O3/c1-2-16(7-10-20-11-8-16)15(19)18-13-3-5-14(6-4-13)21-12-9-17/h3-6H,2,7-12,17H2,1H3,(H,18,19). The van der Waals surface area contributed by atoms with Crippen molar-refractivity contribution in [2.45, 2.75) is 26.2 Å². The lowest BCUT2D eigenvalue weighted by molar-refractivity contribution is -0.131. The quantitative estimate of drug-likeness (QED) is 0.842. The molecule has 1 heterocycles. The number of amides is 1. The summed E-state index contributed by atoms with van der Waals surface area (Å²) in [6, 6.07) is 7.39. The molecule has 0 aromatic heterocycles. The Bertz CT molecular complexity index is 453. The second-order valence-electron chi connectivity index (χ2n) is 5.36. The number of benzene rings is 1. The van der Waals surface area contributed by atoms with E-state index in [0.29, 0.717) is 26.4 Å². The number of anilines is 1. The first kappa shape index (κ1) is 15.8. The molecule has 1 aromatic carbocycles. The first-order valence-electron chi connectivity index (χ1n) is 7.52. The van der Waals surface area contributed by atoms with E-state index in [9.17, 15) is 4.79 Å². The van der Waals surface area contributed by atoms with Gasteiger partial charge in [-0.25, -0.2) is 0 Å². The van der Waals surface area contributed by atoms with Crippen molar-refractivity contribution in [2.75, 3.05) is 31.7 Å². The zero-order valence-electron chi connectivity index (χ0n) is 12.6. The van der Waals surface area contributed by atoms with Crippen LogP contribution in [-0.4, -0.2) is 32.3 Å². The molecule has 0 aliphatic carbocycles. The lowest BCUT2D eigenvalue weighted by Crippen LogP contribution is -2.40. The Kier molecular flexibility index (Phi) is 5.59. The maximum Gasteiger partial charge on any atom is 0.230 e. The average Bonchev–Trinajstić information content (AvgIpc) is 2.54. The first-order valence-corrected chi connectivity index (χ1v) is 7.52. The van der Waals surface area contributed by atoms with E-state index in [2.05, 4.69) is 12.2 Å². The van der Waals surface area contributed by atoms with Crippen LogP contribution in [-0.2, 0) is 9.53 Å². The average molecular weight is 292 g/mol. The van der Waals surface area contributed by atoms with Gasteiger partial charge in [0.2, 0.25) is 5.91 Å². The third-order valence-electron chi connectivity index (χ3n) is 4.11. The molecule has 1 amide bonds. The van der Waals surface area contributed by atoms with Crippen LogP contribution >= 0.6 is 0 Å². The highest BCUT2D eigenvalue weighted by Gasteiger charge is 2.38. The number of carbonyl (C=O) groups is 1. The molecular weight excluding hydrogens is 268 g/mol. The van der Waals surface area contributed by atoms with Crippen LogP contribution in [0.5, 0.6) is 5.75 Å². The molecule has 3 N–H and O–H groups in total. The van der Waals surface area contributed by atoms with Crippen LogP contribution in [0.15, 0.2) is 24.3 Å². The van der Waals surface area contributed by atoms with Gasteiger partial charge in [-0.05, 0) is 43.5 Å². The molecule has 5 nitrogen and oxygen atoms in total. The van der Waals surface area contributed by atoms with Crippen LogP contribution in [0.25, 0.3) is 0 Å². The molecule has 0 spiro atoms. The van der Waals surface area contributed by atoms with Crippen LogP contribution in [0.4, 0.5) is 5.69 Å². The van der Waals surface area contributed by atoms with Crippen LogP contribution in [0.3, 0.4) is 0 Å². The summed E-state index contributed by atoms with van der Waals surface area (Å²) in [5.74, 6) is 0.846. The second kappa shape index (κ2) is 7.43. The van der Waals surface area contributed by atoms with Gasteiger partial charge in [-0.2, -0.15) is 0 Å². The molecule has 2 rings (SSSR count). The predicted molar refractivity (Wildman–Crippen MR) is 82.4 cm³/mol. The Morgan fingerprint density at radius 2 is 2.00 bits per heavy atom. The smallest absolute Gasteiger partial charge is 0.230 e. The van der Waals surface area contributed by atoms with Gasteiger partial charge in [-0.3, -0.25) is 4.79 Å². The number of carbonyl (C=O) groups excluding carboxylic acids is 1. The molecule has 116 valence electrons. The molecule has 1 aliphatic heterocycles. The Hall–Kier alpha value is -1.59. The summed E-state index contributed by atoms with van der Waals surface area (Å²) in [5.41, 5.74) is 5.88. The third-order valence-corrected chi connectivity index (χ3v) is 4.11. The van der Waals surface area contributed by atoms with E-state index in [1.165, 1.54) is 0 Å². The first-order chi connectivity index (χ1) is 10.2. The minimum Gasteiger partial charge on any atom is -0.492 e. The second-order valence-corrected chi connectivity index (χ2v) is 5.36. The predicted octanol–water partition coefficient (Wildman–Crippen LogP) is 2.17. The number of hydrogen-bond acceptors (Lipinski definition) is 4. The van der Waals surface area contributed by atoms with E-state index in [4.69, 9.17) is 15.2 Å². The fourth-order valence-electron chi connectivity index (χ4n) is 2.58. The van der Waals surface area contributed by atoms with Gasteiger partial charge in [0.25, 0.3) is 0 Å². The van der Waals surface area contributed by atoms with Crippen LogP contribution in [0.1, 0.15) is 26.2 Å². The van der Waals surface area contributed by atoms with Gasteiger partial charge >= 0.3 is 0 Å². The highest BCUT2D eigenvalue weighted by molar-refractivity contribution is 5.95. The molecule has 21 heavy (non-hydrogen) atoms. The summed E-state index contributed by atoms with van der Waals surface area (Å²) in [6.07, 6.45) is 2.40. The zero-order chi connectivity index (χ0) is 15.1. The molecule has 0 bridgehead atoms. The summed E-state index contributed by atoms with van der Waals surface area (Å²) in [6.45, 7) is 4.36. The third kappa shape index (κ3) is 3.95. The van der Waals surface area contributed by atoms with E-state index < -0.39 is 0 Å². The van der Waals surface area contributed by atoms with Crippen molar-refractivity contribution in [2.24, 2.45) is 11.1 Å². The molecule has 5 heteroatoms. The summed E-state index contributed by atoms with van der Waals surface area (Å²) in [7, 11) is 0. The number of rotatable bonds is 6. The van der Waals surface area contributed by atoms with Gasteiger partial charge in [-0.1, -0.05) is 6.92 Å². The normalized spacial score (nSPS) is 17.2. The maximum absolute atomic E-state index is 12.6. The maximum atomic E-state index is 12.6. The van der Waals surface area contributed by atoms with Crippen LogP contribution in [0.2, 0.25) is 0 Å². The Morgan fingerprint density at radius 1 is 1.33 bits per heavy atom. The molecule has 1 aromatic rings. The number of nitrogens with two attached hydrogens (primary N) is 1. The lowest BCUT2D eigenvalue weighted by atomic mass is 9.77. The van der Waals surface area contributed by atoms with E-state index in [-0.39, 0.29) is 11.3 Å². The highest BCUT2D eigenvalue weighted by atomic mass is 16.5. The van der Waals surface area contributed by atoms with Crippen molar-refractivity contribution in [3.05, 3.63) is 24.3 Å². The fourth-order valence-corrected chi connectivity index (χ4v) is 2.58. The summed E-state index contributed by atoms with van der Waals surface area (Å²) < 4.78 is 10.8. The molecule has 1 saturated heterocycles. The molecule has 1 fully saturated rings. The minimum absolute atomic E-state index is 0.0870. The molecule has 1 aliphatic rings. The van der Waals surface area contributed by atoms with E-state index in [1.54, 1.807) is 0 Å². The number of nitrogens with one attached hydrogen (secondary N) is 1. The molecule has 0 unspecified atom stereocenters. The van der Waals surface area contributed by atoms with Gasteiger partial charge in [-0.15, -0.1) is 0 Å². The van der Waals surface area contributed by atoms with Crippen molar-refractivity contribution in [1.82, 2.24) is 0 Å². The lowest BCUT2D eigenvalue weighted by Gasteiger charge is -2.34. The Morgan fingerprint density at radius 3 is 2.57 bits per heavy atom. The summed E-state index contributed by atoms with van der Waals surface area (Å²) in [5, 5.41) is 3.01. The fraction of sp³-hybridized carbons (Fsp3) is 0.562. The van der Waals surface area contributed by atoms with Crippen molar-refractivity contribution < 1.29 is 14.3 Å². The van der Waals surface area contributed by atoms with Crippen LogP contribution < -0.4 is 15.8 Å². The van der Waals surface area contributed by atoms with Gasteiger partial charge < -0.3 is 20.5 Å². The van der Waals surface area contributed by atoms with Gasteiger partial charge in [0.15, 0.2) is 0 Å². The van der Waals surface area contributed by atoms with Crippen LogP contribution in [0, 0.1) is 5.41 Å². The zero-order valence-corrected chi connectivity index (χ0v) is 12.6. The Balaban J connectivity index is 1.98. The molecule has 0 saturated carbocycles. The molecule has 0 atom stereocenters. The SMILES string of the molecule is CCC1(C(=O)Nc2ccc(OCCN)cc2)CCOCC1. The molecule has 0 radical (unpaired) electrons. The van der Waals surface area contributed by atoms with Crippen molar-refractivity contribution in [3.8, 4) is 5.75 Å². The van der Waals surface area contributed by atoms with E-state index in [0.717, 1.165) is 30.7 Å². The van der Waals surface area contributed by atoms with Crippen molar-refractivity contribution in [1.29, 1.82) is 0 Å². The highest BCUT2D eigenvalue weighted by Crippen LogP contribution is 2.35. The van der Waals surface area contributed by atoms with Gasteiger partial charge in [0, 0.05) is 25.4 Å². The van der Waals surface area contributed by atoms with E-state index >= 15 is 0 Å². The van der Waals surface area contributed by atoms with Crippen molar-refractivity contribution >= 4 is 11.6 Å². The summed E-state index contributed by atoms with van der Waals surface area (Å²) >= 11 is 0. The number of ether oxygens (including phenoxy) is 2.